The second-order valence-corrected chi connectivity index (χ2v) is 9.62. The van der Waals surface area contributed by atoms with Crippen molar-refractivity contribution in [2.45, 2.75) is 44.7 Å². The molecule has 3 aromatic rings. The molecule has 2 aliphatic rings. The highest BCUT2D eigenvalue weighted by Gasteiger charge is 2.37. The molecule has 5 rings (SSSR count). The summed E-state index contributed by atoms with van der Waals surface area (Å²) in [6, 6.07) is 3.43. The Labute approximate surface area is 218 Å². The minimum Gasteiger partial charge on any atom is -0.404 e. The molecule has 1 saturated heterocycles. The van der Waals surface area contributed by atoms with Crippen LogP contribution in [0.2, 0.25) is 0 Å². The molecule has 1 fully saturated rings. The van der Waals surface area contributed by atoms with Crippen LogP contribution >= 0.6 is 0 Å². The van der Waals surface area contributed by atoms with Gasteiger partial charge in [0.25, 0.3) is 6.43 Å². The Morgan fingerprint density at radius 3 is 2.66 bits per heavy atom. The van der Waals surface area contributed by atoms with E-state index in [1.807, 2.05) is 4.57 Å². The van der Waals surface area contributed by atoms with Crippen LogP contribution in [0, 0.1) is 5.82 Å². The molecule has 1 unspecified atom stereocenters. The monoisotopic (exact) mass is 526 g/mol. The molecule has 200 valence electrons. The van der Waals surface area contributed by atoms with Crippen molar-refractivity contribution in [2.75, 3.05) is 27.3 Å². The number of hydrogen-bond acceptors (Lipinski definition) is 6. The van der Waals surface area contributed by atoms with Crippen LogP contribution in [0.15, 0.2) is 29.4 Å². The summed E-state index contributed by atoms with van der Waals surface area (Å²) >= 11 is 0. The van der Waals surface area contributed by atoms with Gasteiger partial charge in [-0.3, -0.25) is 9.79 Å². The second kappa shape index (κ2) is 10.2. The van der Waals surface area contributed by atoms with E-state index in [0.29, 0.717) is 35.9 Å². The number of benzene rings is 1. The van der Waals surface area contributed by atoms with E-state index in [1.165, 1.54) is 31.5 Å². The van der Waals surface area contributed by atoms with E-state index in [1.54, 1.807) is 18.9 Å². The van der Waals surface area contributed by atoms with Crippen LogP contribution in [-0.2, 0) is 16.1 Å². The Bertz CT molecular complexity index is 1460. The predicted octanol–water partition coefficient (Wildman–Crippen LogP) is 4.60. The molecule has 38 heavy (non-hydrogen) atoms. The first-order chi connectivity index (χ1) is 18.3. The Morgan fingerprint density at radius 1 is 1.26 bits per heavy atom. The zero-order chi connectivity index (χ0) is 27.1. The van der Waals surface area contributed by atoms with Crippen molar-refractivity contribution in [3.63, 3.8) is 0 Å². The van der Waals surface area contributed by atoms with E-state index in [0.717, 1.165) is 19.0 Å². The number of hydrogen-bond donors (Lipinski definition) is 1. The summed E-state index contributed by atoms with van der Waals surface area (Å²) in [5.41, 5.74) is 6.90. The number of fused-ring (bicyclic) bond motifs is 2. The van der Waals surface area contributed by atoms with E-state index < -0.39 is 18.3 Å². The predicted molar refractivity (Wildman–Crippen MR) is 138 cm³/mol. The number of halogens is 3. The fraction of sp³-hybridized carbons (Fsp3) is 0.407. The molecule has 2 aliphatic heterocycles. The van der Waals surface area contributed by atoms with Gasteiger partial charge in [-0.1, -0.05) is 0 Å². The van der Waals surface area contributed by atoms with Gasteiger partial charge in [0.15, 0.2) is 0 Å². The molecule has 1 aromatic carbocycles. The maximum absolute atomic E-state index is 15.7. The number of pyridine rings is 1. The lowest BCUT2D eigenvalue weighted by Gasteiger charge is -2.32. The molecule has 11 heteroatoms. The number of carbonyl (C=O) groups excluding carboxylic acids is 1. The highest BCUT2D eigenvalue weighted by Crippen LogP contribution is 2.41. The van der Waals surface area contributed by atoms with Gasteiger partial charge in [-0.05, 0) is 38.0 Å². The van der Waals surface area contributed by atoms with Gasteiger partial charge in [0.05, 0.1) is 29.1 Å². The fourth-order valence-corrected chi connectivity index (χ4v) is 5.44. The number of ether oxygens (including phenoxy) is 1. The molecule has 1 amide bonds. The number of nitrogens with zero attached hydrogens (tertiary/aromatic N) is 5. The number of amides is 1. The van der Waals surface area contributed by atoms with E-state index >= 15 is 4.39 Å². The highest BCUT2D eigenvalue weighted by atomic mass is 19.3. The van der Waals surface area contributed by atoms with Crippen LogP contribution in [0.1, 0.15) is 60.9 Å². The number of aromatic nitrogens is 3. The molecule has 1 atom stereocenters. The van der Waals surface area contributed by atoms with E-state index in [2.05, 4.69) is 9.98 Å². The zero-order valence-corrected chi connectivity index (χ0v) is 21.4. The first-order valence-corrected chi connectivity index (χ1v) is 12.5. The number of alkyl halides is 2. The summed E-state index contributed by atoms with van der Waals surface area (Å²) in [5, 5.41) is 0.209. The highest BCUT2D eigenvalue weighted by molar-refractivity contribution is 6.10. The number of rotatable bonds is 5. The van der Waals surface area contributed by atoms with Gasteiger partial charge in [-0.25, -0.2) is 23.1 Å². The average Bonchev–Trinajstić information content (AvgIpc) is 3.29. The number of aliphatic imine (C=N–C) groups is 1. The van der Waals surface area contributed by atoms with E-state index in [4.69, 9.17) is 15.5 Å². The van der Waals surface area contributed by atoms with Crippen LogP contribution in [0.25, 0.3) is 27.7 Å². The minimum absolute atomic E-state index is 0.0214. The van der Waals surface area contributed by atoms with Crippen LogP contribution in [0.4, 0.5) is 13.2 Å². The minimum atomic E-state index is -2.89. The van der Waals surface area contributed by atoms with Gasteiger partial charge in [0, 0.05) is 67.7 Å². The van der Waals surface area contributed by atoms with Crippen molar-refractivity contribution in [2.24, 2.45) is 10.7 Å². The summed E-state index contributed by atoms with van der Waals surface area (Å²) in [4.78, 5) is 27.7. The third kappa shape index (κ3) is 4.24. The number of likely N-dealkylation sites (N-methyl/N-ethyl adjacent to an activating group) is 1. The Balaban J connectivity index is 1.80. The van der Waals surface area contributed by atoms with Gasteiger partial charge in [-0.2, -0.15) is 0 Å². The third-order valence-electron chi connectivity index (χ3n) is 7.30. The van der Waals surface area contributed by atoms with Gasteiger partial charge in [-0.15, -0.1) is 0 Å². The van der Waals surface area contributed by atoms with Crippen LogP contribution < -0.4 is 5.73 Å². The smallest absolute Gasteiger partial charge is 0.265 e. The van der Waals surface area contributed by atoms with Crippen molar-refractivity contribution < 1.29 is 22.7 Å². The van der Waals surface area contributed by atoms with E-state index in [9.17, 15) is 13.6 Å². The fourth-order valence-electron chi connectivity index (χ4n) is 5.44. The molecule has 4 heterocycles. The van der Waals surface area contributed by atoms with Crippen molar-refractivity contribution >= 4 is 28.6 Å². The van der Waals surface area contributed by atoms with Crippen molar-refractivity contribution in [1.82, 2.24) is 19.4 Å². The van der Waals surface area contributed by atoms with Gasteiger partial charge in [0.2, 0.25) is 5.91 Å². The second-order valence-electron chi connectivity index (χ2n) is 9.62. The third-order valence-corrected chi connectivity index (χ3v) is 7.30. The van der Waals surface area contributed by atoms with Gasteiger partial charge < -0.3 is 19.9 Å². The summed E-state index contributed by atoms with van der Waals surface area (Å²) in [6.45, 7) is 3.14. The lowest BCUT2D eigenvalue weighted by molar-refractivity contribution is -0.135. The first kappa shape index (κ1) is 25.9. The molecule has 2 aromatic heterocycles. The number of nitrogens with two attached hydrogens (primary N) is 1. The molecule has 2 N–H and O–H groups in total. The normalized spacial score (nSPS) is 19.2. The lowest BCUT2D eigenvalue weighted by atomic mass is 9.98. The SMILES string of the molecule is CN=CC(=CN)c1nc2ccc(F)c(-c3nc(C4CCOCC4)n4c3CN(C)C(=O)C4C)c2cc1C(F)F. The summed E-state index contributed by atoms with van der Waals surface area (Å²) in [5.74, 6) is 0.0384. The topological polar surface area (TPSA) is 98.6 Å². The summed E-state index contributed by atoms with van der Waals surface area (Å²) in [7, 11) is 3.19. The maximum Gasteiger partial charge on any atom is 0.265 e. The van der Waals surface area contributed by atoms with Crippen molar-refractivity contribution in [3.05, 3.63) is 53.0 Å². The van der Waals surface area contributed by atoms with Crippen LogP contribution in [0.5, 0.6) is 0 Å². The first-order valence-electron chi connectivity index (χ1n) is 12.5. The Morgan fingerprint density at radius 2 is 2.00 bits per heavy atom. The molecule has 0 radical (unpaired) electrons. The van der Waals surface area contributed by atoms with Gasteiger partial charge >= 0.3 is 0 Å². The molecular formula is C27H29F3N6O2. The van der Waals surface area contributed by atoms with Crippen LogP contribution in [0.3, 0.4) is 0 Å². The molecule has 0 saturated carbocycles. The molecule has 0 bridgehead atoms. The lowest BCUT2D eigenvalue weighted by Crippen LogP contribution is -2.40. The van der Waals surface area contributed by atoms with Crippen molar-refractivity contribution in [3.8, 4) is 11.3 Å². The summed E-state index contributed by atoms with van der Waals surface area (Å²) in [6.07, 6.45) is 1.06. The number of allylic oxidation sites excluding steroid dienone is 1. The largest absolute Gasteiger partial charge is 0.404 e. The molecular weight excluding hydrogens is 497 g/mol. The quantitative estimate of drug-likeness (QED) is 0.490. The van der Waals surface area contributed by atoms with Crippen LogP contribution in [-0.4, -0.2) is 58.9 Å². The standard InChI is InChI=1S/C27H29F3N6O2/c1-14-27(37)35(3)13-21-24(34-26(36(14)21)15-6-8-38-9-7-15)22-17-10-18(25(29)30)23(16(11-31)12-32-2)33-20(17)5-4-19(22)28/h4-5,10-12,14-15,25H,6-9,13,31H2,1-3H3. The molecule has 0 aliphatic carbocycles. The number of carbonyl (C=O) groups is 1. The Kier molecular flexibility index (Phi) is 6.95. The number of imidazole rings is 1. The zero-order valence-electron chi connectivity index (χ0n) is 21.4. The average molecular weight is 527 g/mol. The Hall–Kier alpha value is -3.73. The molecule has 0 spiro atoms. The van der Waals surface area contributed by atoms with E-state index in [-0.39, 0.29) is 46.2 Å². The van der Waals surface area contributed by atoms with Gasteiger partial charge in [0.1, 0.15) is 17.7 Å². The maximum atomic E-state index is 15.7. The molecule has 8 nitrogen and oxygen atoms in total. The summed E-state index contributed by atoms with van der Waals surface area (Å²) < 4.78 is 51.6. The van der Waals surface area contributed by atoms with Crippen molar-refractivity contribution in [1.29, 1.82) is 0 Å².